The molecule has 0 aliphatic heterocycles. The zero-order valence-corrected chi connectivity index (χ0v) is 8.30. The molecule has 72 valence electrons. The third kappa shape index (κ3) is 6.19. The molecule has 0 heterocycles. The molecule has 0 fully saturated rings. The van der Waals surface area contributed by atoms with E-state index in [-0.39, 0.29) is 0 Å². The summed E-state index contributed by atoms with van der Waals surface area (Å²) in [5, 5.41) is 6.34. The minimum atomic E-state index is 0.406. The lowest BCUT2D eigenvalue weighted by atomic mass is 10.2. The first-order valence-electron chi connectivity index (χ1n) is 4.49. The molecular weight excluding hydrogens is 150 g/mol. The van der Waals surface area contributed by atoms with Gasteiger partial charge in [-0.25, -0.2) is 0 Å². The Morgan fingerprint density at radius 3 is 2.50 bits per heavy atom. The van der Waals surface area contributed by atoms with Gasteiger partial charge in [-0.1, -0.05) is 6.08 Å². The summed E-state index contributed by atoms with van der Waals surface area (Å²) in [6.45, 7) is 4.95. The quantitative estimate of drug-likeness (QED) is 0.543. The van der Waals surface area contributed by atoms with Crippen molar-refractivity contribution in [2.24, 2.45) is 5.73 Å². The van der Waals surface area contributed by atoms with Crippen molar-refractivity contribution in [3.63, 3.8) is 0 Å². The van der Waals surface area contributed by atoms with Gasteiger partial charge in [-0.05, 0) is 26.5 Å². The third-order valence-electron chi connectivity index (χ3n) is 1.70. The van der Waals surface area contributed by atoms with E-state index >= 15 is 0 Å². The second-order valence-electron chi connectivity index (χ2n) is 3.13. The SMILES string of the molecule is CN/C=C/CC(C)NC(C)CN. The zero-order chi connectivity index (χ0) is 9.40. The Kier molecular flexibility index (Phi) is 6.81. The molecule has 12 heavy (non-hydrogen) atoms. The normalized spacial score (nSPS) is 16.3. The first kappa shape index (κ1) is 11.5. The highest BCUT2D eigenvalue weighted by atomic mass is 14.9. The molecular formula is C9H21N3. The van der Waals surface area contributed by atoms with Crippen molar-refractivity contribution in [2.75, 3.05) is 13.6 Å². The molecule has 2 atom stereocenters. The van der Waals surface area contributed by atoms with Gasteiger partial charge in [0.2, 0.25) is 0 Å². The zero-order valence-electron chi connectivity index (χ0n) is 8.30. The first-order chi connectivity index (χ1) is 5.70. The maximum atomic E-state index is 5.48. The van der Waals surface area contributed by atoms with E-state index in [1.54, 1.807) is 0 Å². The summed E-state index contributed by atoms with van der Waals surface area (Å²) in [7, 11) is 1.90. The summed E-state index contributed by atoms with van der Waals surface area (Å²) >= 11 is 0. The summed E-state index contributed by atoms with van der Waals surface area (Å²) in [4.78, 5) is 0. The van der Waals surface area contributed by atoms with E-state index in [0.29, 0.717) is 18.6 Å². The molecule has 0 aliphatic rings. The predicted molar refractivity (Wildman–Crippen MR) is 53.9 cm³/mol. The van der Waals surface area contributed by atoms with Crippen LogP contribution in [0.15, 0.2) is 12.3 Å². The molecule has 0 spiro atoms. The average molecular weight is 171 g/mol. The molecule has 3 nitrogen and oxygen atoms in total. The summed E-state index contributed by atoms with van der Waals surface area (Å²) in [5.74, 6) is 0. The highest BCUT2D eigenvalue weighted by Crippen LogP contribution is 1.93. The maximum absolute atomic E-state index is 5.48. The Bertz CT molecular complexity index is 123. The number of nitrogens with two attached hydrogens (primary N) is 1. The van der Waals surface area contributed by atoms with Gasteiger partial charge in [-0.15, -0.1) is 0 Å². The van der Waals surface area contributed by atoms with Gasteiger partial charge >= 0.3 is 0 Å². The van der Waals surface area contributed by atoms with E-state index in [0.717, 1.165) is 6.42 Å². The van der Waals surface area contributed by atoms with Crippen LogP contribution in [0.25, 0.3) is 0 Å². The van der Waals surface area contributed by atoms with Crippen molar-refractivity contribution >= 4 is 0 Å². The van der Waals surface area contributed by atoms with Crippen LogP contribution >= 0.6 is 0 Å². The van der Waals surface area contributed by atoms with Crippen molar-refractivity contribution < 1.29 is 0 Å². The predicted octanol–water partition coefficient (Wildman–Crippen LogP) is 0.435. The fourth-order valence-corrected chi connectivity index (χ4v) is 1.01. The molecule has 0 aromatic carbocycles. The van der Waals surface area contributed by atoms with E-state index in [9.17, 15) is 0 Å². The van der Waals surface area contributed by atoms with Gasteiger partial charge in [-0.3, -0.25) is 0 Å². The summed E-state index contributed by atoms with van der Waals surface area (Å²) in [6.07, 6.45) is 5.09. The van der Waals surface area contributed by atoms with Crippen LogP contribution in [-0.4, -0.2) is 25.7 Å². The average Bonchev–Trinajstić information content (AvgIpc) is 2.05. The van der Waals surface area contributed by atoms with Crippen LogP contribution in [0.2, 0.25) is 0 Å². The summed E-state index contributed by atoms with van der Waals surface area (Å²) < 4.78 is 0. The highest BCUT2D eigenvalue weighted by molar-refractivity contribution is 4.83. The van der Waals surface area contributed by atoms with Crippen molar-refractivity contribution in [2.45, 2.75) is 32.4 Å². The molecule has 0 radical (unpaired) electrons. The lowest BCUT2D eigenvalue weighted by Crippen LogP contribution is -2.39. The number of hydrogen-bond acceptors (Lipinski definition) is 3. The van der Waals surface area contributed by atoms with Gasteiger partial charge in [0.05, 0.1) is 0 Å². The molecule has 3 heteroatoms. The molecule has 0 saturated heterocycles. The van der Waals surface area contributed by atoms with Crippen LogP contribution in [0.4, 0.5) is 0 Å². The van der Waals surface area contributed by atoms with Gasteiger partial charge in [0, 0.05) is 25.7 Å². The fraction of sp³-hybridized carbons (Fsp3) is 0.778. The largest absolute Gasteiger partial charge is 0.394 e. The minimum absolute atomic E-state index is 0.406. The topological polar surface area (TPSA) is 50.1 Å². The summed E-state index contributed by atoms with van der Waals surface area (Å²) in [6, 6.07) is 0.899. The fourth-order valence-electron chi connectivity index (χ4n) is 1.01. The van der Waals surface area contributed by atoms with E-state index in [1.807, 2.05) is 13.2 Å². The van der Waals surface area contributed by atoms with Crippen LogP contribution in [-0.2, 0) is 0 Å². The van der Waals surface area contributed by atoms with Crippen LogP contribution < -0.4 is 16.4 Å². The lowest BCUT2D eigenvalue weighted by molar-refractivity contribution is 0.474. The molecule has 0 rings (SSSR count). The molecule has 4 N–H and O–H groups in total. The van der Waals surface area contributed by atoms with E-state index in [2.05, 4.69) is 30.6 Å². The monoisotopic (exact) mass is 171 g/mol. The minimum Gasteiger partial charge on any atom is -0.394 e. The van der Waals surface area contributed by atoms with Gasteiger partial charge in [0.1, 0.15) is 0 Å². The second-order valence-corrected chi connectivity index (χ2v) is 3.13. The second kappa shape index (κ2) is 7.13. The molecule has 0 aromatic rings. The third-order valence-corrected chi connectivity index (χ3v) is 1.70. The Labute approximate surface area is 75.4 Å². The molecule has 0 saturated carbocycles. The molecule has 0 aliphatic carbocycles. The summed E-state index contributed by atoms with van der Waals surface area (Å²) in [5.41, 5.74) is 5.48. The van der Waals surface area contributed by atoms with Gasteiger partial charge in [-0.2, -0.15) is 0 Å². The van der Waals surface area contributed by atoms with Crippen molar-refractivity contribution in [3.8, 4) is 0 Å². The van der Waals surface area contributed by atoms with E-state index < -0.39 is 0 Å². The molecule has 0 aromatic heterocycles. The van der Waals surface area contributed by atoms with Crippen molar-refractivity contribution in [1.82, 2.24) is 10.6 Å². The maximum Gasteiger partial charge on any atom is 0.0164 e. The Morgan fingerprint density at radius 2 is 2.00 bits per heavy atom. The number of hydrogen-bond donors (Lipinski definition) is 3. The molecule has 0 bridgehead atoms. The van der Waals surface area contributed by atoms with Crippen molar-refractivity contribution in [1.29, 1.82) is 0 Å². The number of nitrogens with one attached hydrogen (secondary N) is 2. The Balaban J connectivity index is 3.45. The van der Waals surface area contributed by atoms with E-state index in [1.165, 1.54) is 0 Å². The van der Waals surface area contributed by atoms with Crippen molar-refractivity contribution in [3.05, 3.63) is 12.3 Å². The lowest BCUT2D eigenvalue weighted by Gasteiger charge is -2.16. The van der Waals surface area contributed by atoms with Gasteiger partial charge in [0.15, 0.2) is 0 Å². The highest BCUT2D eigenvalue weighted by Gasteiger charge is 2.02. The van der Waals surface area contributed by atoms with Crippen LogP contribution in [0, 0.1) is 0 Å². The Hall–Kier alpha value is -0.540. The smallest absolute Gasteiger partial charge is 0.0164 e. The standard InChI is InChI=1S/C9H21N3/c1-8(5-4-6-11-3)12-9(2)7-10/h4,6,8-9,11-12H,5,7,10H2,1-3H3/b6-4+. The van der Waals surface area contributed by atoms with Gasteiger partial charge < -0.3 is 16.4 Å². The van der Waals surface area contributed by atoms with Crippen LogP contribution in [0.5, 0.6) is 0 Å². The van der Waals surface area contributed by atoms with Crippen LogP contribution in [0.1, 0.15) is 20.3 Å². The van der Waals surface area contributed by atoms with Crippen LogP contribution in [0.3, 0.4) is 0 Å². The van der Waals surface area contributed by atoms with E-state index in [4.69, 9.17) is 5.73 Å². The molecule has 2 unspecified atom stereocenters. The molecule has 0 amide bonds. The van der Waals surface area contributed by atoms with Gasteiger partial charge in [0.25, 0.3) is 0 Å². The number of rotatable bonds is 6. The first-order valence-corrected chi connectivity index (χ1v) is 4.49. The Morgan fingerprint density at radius 1 is 1.33 bits per heavy atom.